The summed E-state index contributed by atoms with van der Waals surface area (Å²) in [6.07, 6.45) is 0. The minimum Gasteiger partial charge on any atom is -0.494 e. The number of benzene rings is 1. The molecule has 0 radical (unpaired) electrons. The van der Waals surface area contributed by atoms with Crippen LogP contribution in [-0.4, -0.2) is 14.2 Å². The van der Waals surface area contributed by atoms with Crippen LogP contribution in [0.4, 0.5) is 0 Å². The number of aromatic nitrogens is 2. The fraction of sp³-hybridized carbons (Fsp3) is 0.0909. The number of hydrogen-bond acceptors (Lipinski definition) is 3. The maximum absolute atomic E-state index is 11.8. The Hall–Kier alpha value is -2.30. The number of aromatic hydroxyl groups is 1. The highest BCUT2D eigenvalue weighted by Gasteiger charge is 2.08. The summed E-state index contributed by atoms with van der Waals surface area (Å²) in [5.41, 5.74) is -0.642. The fourth-order valence-corrected chi connectivity index (χ4v) is 1.43. The van der Waals surface area contributed by atoms with Crippen LogP contribution < -0.4 is 11.2 Å². The number of nitrogens with zero attached hydrogens (tertiary/aromatic N) is 2. The first-order valence-electron chi connectivity index (χ1n) is 4.69. The molecule has 1 aromatic carbocycles. The molecular formula is C11H10N2O3. The Labute approximate surface area is 90.8 Å². The van der Waals surface area contributed by atoms with Gasteiger partial charge in [-0.05, 0) is 12.1 Å². The first-order chi connectivity index (χ1) is 7.61. The molecule has 0 spiro atoms. The Kier molecular flexibility index (Phi) is 2.36. The monoisotopic (exact) mass is 218 g/mol. The molecule has 1 heterocycles. The molecule has 0 saturated heterocycles. The molecule has 0 unspecified atom stereocenters. The van der Waals surface area contributed by atoms with Crippen molar-refractivity contribution in [2.75, 3.05) is 0 Å². The minimum absolute atomic E-state index is 0.345. The average molecular weight is 218 g/mol. The Morgan fingerprint density at radius 1 is 1.12 bits per heavy atom. The van der Waals surface area contributed by atoms with Gasteiger partial charge in [0.1, 0.15) is 0 Å². The molecule has 1 N–H and O–H groups in total. The van der Waals surface area contributed by atoms with Crippen molar-refractivity contribution in [3.05, 3.63) is 57.2 Å². The summed E-state index contributed by atoms with van der Waals surface area (Å²) >= 11 is 0. The second-order valence-corrected chi connectivity index (χ2v) is 3.35. The van der Waals surface area contributed by atoms with Crippen molar-refractivity contribution in [2.24, 2.45) is 7.05 Å². The van der Waals surface area contributed by atoms with E-state index in [0.717, 1.165) is 15.2 Å². The van der Waals surface area contributed by atoms with Gasteiger partial charge in [0.25, 0.3) is 5.56 Å². The highest BCUT2D eigenvalue weighted by molar-refractivity contribution is 5.31. The molecule has 0 aliphatic rings. The number of rotatable bonds is 1. The van der Waals surface area contributed by atoms with Crippen molar-refractivity contribution < 1.29 is 5.11 Å². The second kappa shape index (κ2) is 3.69. The minimum atomic E-state index is -0.573. The summed E-state index contributed by atoms with van der Waals surface area (Å²) in [6, 6.07) is 9.57. The zero-order valence-electron chi connectivity index (χ0n) is 8.62. The van der Waals surface area contributed by atoms with Gasteiger partial charge in [0.05, 0.1) is 11.8 Å². The van der Waals surface area contributed by atoms with E-state index in [2.05, 4.69) is 0 Å². The lowest BCUT2D eigenvalue weighted by Crippen LogP contribution is -2.36. The van der Waals surface area contributed by atoms with Crippen molar-refractivity contribution in [3.8, 4) is 11.6 Å². The lowest BCUT2D eigenvalue weighted by Gasteiger charge is -2.07. The van der Waals surface area contributed by atoms with Gasteiger partial charge in [0, 0.05) is 7.05 Å². The predicted molar refractivity (Wildman–Crippen MR) is 58.9 cm³/mol. The van der Waals surface area contributed by atoms with Crippen LogP contribution in [0.25, 0.3) is 5.69 Å². The van der Waals surface area contributed by atoms with Gasteiger partial charge >= 0.3 is 5.69 Å². The molecule has 0 saturated carbocycles. The topological polar surface area (TPSA) is 64.2 Å². The average Bonchev–Trinajstić information content (AvgIpc) is 2.28. The molecule has 82 valence electrons. The summed E-state index contributed by atoms with van der Waals surface area (Å²) < 4.78 is 2.01. The van der Waals surface area contributed by atoms with Gasteiger partial charge in [-0.1, -0.05) is 18.2 Å². The molecule has 1 aromatic heterocycles. The van der Waals surface area contributed by atoms with Crippen LogP contribution in [0.3, 0.4) is 0 Å². The van der Waals surface area contributed by atoms with Crippen LogP contribution in [-0.2, 0) is 7.05 Å². The molecule has 0 aliphatic heterocycles. The summed E-state index contributed by atoms with van der Waals surface area (Å²) in [5.74, 6) is -0.345. The lowest BCUT2D eigenvalue weighted by atomic mass is 10.3. The normalized spacial score (nSPS) is 10.3. The molecule has 0 fully saturated rings. The standard InChI is InChI=1S/C11H10N2O3/c1-12-9(14)7-10(15)13(11(12)16)8-5-3-2-4-6-8/h2-7,14H,1H3. The second-order valence-electron chi connectivity index (χ2n) is 3.35. The van der Waals surface area contributed by atoms with Crippen LogP contribution in [0.1, 0.15) is 0 Å². The molecule has 5 nitrogen and oxygen atoms in total. The third kappa shape index (κ3) is 1.52. The summed E-state index contributed by atoms with van der Waals surface area (Å²) in [5, 5.41) is 9.30. The number of hydrogen-bond donors (Lipinski definition) is 1. The van der Waals surface area contributed by atoms with E-state index in [1.165, 1.54) is 7.05 Å². The third-order valence-corrected chi connectivity index (χ3v) is 2.31. The molecule has 0 bridgehead atoms. The van der Waals surface area contributed by atoms with E-state index in [4.69, 9.17) is 0 Å². The predicted octanol–water partition coefficient (Wildman–Crippen LogP) is 0.242. The number of para-hydroxylation sites is 1. The zero-order valence-corrected chi connectivity index (χ0v) is 8.62. The summed E-state index contributed by atoms with van der Waals surface area (Å²) in [7, 11) is 1.40. The molecule has 0 atom stereocenters. The summed E-state index contributed by atoms with van der Waals surface area (Å²) in [6.45, 7) is 0. The van der Waals surface area contributed by atoms with Crippen LogP contribution in [0.2, 0.25) is 0 Å². The van der Waals surface area contributed by atoms with Crippen molar-refractivity contribution in [3.63, 3.8) is 0 Å². The van der Waals surface area contributed by atoms with Crippen LogP contribution >= 0.6 is 0 Å². The van der Waals surface area contributed by atoms with E-state index < -0.39 is 11.2 Å². The quantitative estimate of drug-likeness (QED) is 0.745. The van der Waals surface area contributed by atoms with Gasteiger partial charge < -0.3 is 5.11 Å². The van der Waals surface area contributed by atoms with Gasteiger partial charge in [-0.3, -0.25) is 9.36 Å². The Morgan fingerprint density at radius 2 is 1.75 bits per heavy atom. The third-order valence-electron chi connectivity index (χ3n) is 2.31. The maximum atomic E-state index is 11.8. The molecule has 2 aromatic rings. The van der Waals surface area contributed by atoms with Crippen molar-refractivity contribution in [2.45, 2.75) is 0 Å². The van der Waals surface area contributed by atoms with E-state index in [1.807, 2.05) is 0 Å². The van der Waals surface area contributed by atoms with E-state index in [0.29, 0.717) is 5.69 Å². The van der Waals surface area contributed by atoms with Crippen molar-refractivity contribution in [1.29, 1.82) is 0 Å². The molecule has 16 heavy (non-hydrogen) atoms. The van der Waals surface area contributed by atoms with Crippen LogP contribution in [0, 0.1) is 0 Å². The Bertz CT molecular complexity index is 626. The van der Waals surface area contributed by atoms with Crippen LogP contribution in [0.15, 0.2) is 46.0 Å². The lowest BCUT2D eigenvalue weighted by molar-refractivity contribution is 0.414. The Morgan fingerprint density at radius 3 is 2.38 bits per heavy atom. The molecule has 2 rings (SSSR count). The van der Waals surface area contributed by atoms with Gasteiger partial charge in [0.2, 0.25) is 0 Å². The Balaban J connectivity index is 2.82. The molecule has 0 aliphatic carbocycles. The highest BCUT2D eigenvalue weighted by atomic mass is 16.3. The van der Waals surface area contributed by atoms with Crippen LogP contribution in [0.5, 0.6) is 5.88 Å². The smallest absolute Gasteiger partial charge is 0.338 e. The van der Waals surface area contributed by atoms with Crippen molar-refractivity contribution >= 4 is 0 Å². The zero-order chi connectivity index (χ0) is 11.7. The van der Waals surface area contributed by atoms with Crippen molar-refractivity contribution in [1.82, 2.24) is 9.13 Å². The van der Waals surface area contributed by atoms with Gasteiger partial charge in [-0.2, -0.15) is 0 Å². The van der Waals surface area contributed by atoms with E-state index in [9.17, 15) is 14.7 Å². The first kappa shape index (κ1) is 10.2. The fourth-order valence-electron chi connectivity index (χ4n) is 1.43. The largest absolute Gasteiger partial charge is 0.494 e. The highest BCUT2D eigenvalue weighted by Crippen LogP contribution is 2.03. The van der Waals surface area contributed by atoms with E-state index in [-0.39, 0.29) is 5.88 Å². The summed E-state index contributed by atoms with van der Waals surface area (Å²) in [4.78, 5) is 23.4. The van der Waals surface area contributed by atoms with Gasteiger partial charge in [0.15, 0.2) is 5.88 Å². The van der Waals surface area contributed by atoms with Gasteiger partial charge in [-0.15, -0.1) is 0 Å². The molecule has 5 heteroatoms. The molecule has 0 amide bonds. The SMILES string of the molecule is Cn1c(O)cc(=O)n(-c2ccccc2)c1=O. The van der Waals surface area contributed by atoms with E-state index >= 15 is 0 Å². The first-order valence-corrected chi connectivity index (χ1v) is 4.69. The maximum Gasteiger partial charge on any atom is 0.338 e. The van der Waals surface area contributed by atoms with E-state index in [1.54, 1.807) is 30.3 Å². The van der Waals surface area contributed by atoms with Gasteiger partial charge in [-0.25, -0.2) is 9.36 Å². The molecular weight excluding hydrogens is 208 g/mol.